The van der Waals surface area contributed by atoms with Gasteiger partial charge < -0.3 is 0 Å². The van der Waals surface area contributed by atoms with Crippen LogP contribution >= 0.6 is 0 Å². The van der Waals surface area contributed by atoms with Gasteiger partial charge in [0.25, 0.3) is 0 Å². The highest BCUT2D eigenvalue weighted by Crippen LogP contribution is 2.35. The summed E-state index contributed by atoms with van der Waals surface area (Å²) in [7, 11) is 0. The second kappa shape index (κ2) is 10.5. The minimum absolute atomic E-state index is 0.555. The minimum atomic E-state index is 0.555. The molecule has 44 heavy (non-hydrogen) atoms. The van der Waals surface area contributed by atoms with Crippen LogP contribution in [0.5, 0.6) is 0 Å². The summed E-state index contributed by atoms with van der Waals surface area (Å²) in [5, 5.41) is 14.2. The Morgan fingerprint density at radius 3 is 1.70 bits per heavy atom. The summed E-state index contributed by atoms with van der Waals surface area (Å²) < 4.78 is 0. The molecule has 0 aliphatic heterocycles. The normalized spacial score (nSPS) is 11.2. The maximum Gasteiger partial charge on any atom is 0.160 e. The molecule has 5 heteroatoms. The van der Waals surface area contributed by atoms with Gasteiger partial charge in [-0.05, 0) is 64.0 Å². The maximum absolute atomic E-state index is 9.64. The molecule has 0 saturated carbocycles. The van der Waals surface area contributed by atoms with Crippen molar-refractivity contribution < 1.29 is 0 Å². The molecule has 8 aromatic rings. The van der Waals surface area contributed by atoms with Gasteiger partial charge in [0, 0.05) is 16.7 Å². The van der Waals surface area contributed by atoms with Gasteiger partial charge in [-0.1, -0.05) is 97.1 Å². The topological polar surface area (TPSA) is 75.3 Å². The van der Waals surface area contributed by atoms with Crippen molar-refractivity contribution in [3.8, 4) is 51.4 Å². The van der Waals surface area contributed by atoms with E-state index in [1.807, 2.05) is 72.8 Å². The molecule has 0 aliphatic rings. The maximum atomic E-state index is 9.64. The van der Waals surface area contributed by atoms with Gasteiger partial charge in [0.05, 0.1) is 39.7 Å². The van der Waals surface area contributed by atoms with Crippen LogP contribution in [0.3, 0.4) is 0 Å². The van der Waals surface area contributed by atoms with E-state index in [0.717, 1.165) is 49.6 Å². The van der Waals surface area contributed by atoms with E-state index in [4.69, 9.17) is 19.9 Å². The summed E-state index contributed by atoms with van der Waals surface area (Å²) >= 11 is 0. The van der Waals surface area contributed by atoms with Crippen molar-refractivity contribution in [2.75, 3.05) is 0 Å². The highest BCUT2D eigenvalue weighted by atomic mass is 14.9. The van der Waals surface area contributed by atoms with E-state index in [2.05, 4.69) is 66.7 Å². The lowest BCUT2D eigenvalue weighted by atomic mass is 10.0. The monoisotopic (exact) mass is 561 g/mol. The lowest BCUT2D eigenvalue weighted by molar-refractivity contribution is 1.16. The number of para-hydroxylation sites is 2. The molecule has 2 heterocycles. The van der Waals surface area contributed by atoms with E-state index in [9.17, 15) is 5.26 Å². The molecule has 0 N–H and O–H groups in total. The van der Waals surface area contributed by atoms with Crippen LogP contribution < -0.4 is 0 Å². The Labute approximate surface area is 253 Å². The third-order valence-corrected chi connectivity index (χ3v) is 7.86. The van der Waals surface area contributed by atoms with Crippen LogP contribution in [-0.2, 0) is 0 Å². The minimum Gasteiger partial charge on any atom is -0.244 e. The zero-order chi connectivity index (χ0) is 29.5. The standard InChI is InChI=1S/C39H23N5/c40-24-25-8-7-13-31(20-25)37-38(42-34-15-6-5-14-33(34)41-37)36-23-35(30-18-16-26-9-1-3-11-28(26)21-30)43-39(44-36)32-19-17-27-10-2-4-12-29(27)22-32/h1-23H. The lowest BCUT2D eigenvalue weighted by Crippen LogP contribution is -2.01. The van der Waals surface area contributed by atoms with Crippen molar-refractivity contribution in [3.63, 3.8) is 0 Å². The molecule has 0 radical (unpaired) electrons. The van der Waals surface area contributed by atoms with Gasteiger partial charge in [-0.2, -0.15) is 5.26 Å². The summed E-state index contributed by atoms with van der Waals surface area (Å²) in [4.78, 5) is 20.4. The fraction of sp³-hybridized carbons (Fsp3) is 0. The first-order chi connectivity index (χ1) is 21.7. The van der Waals surface area contributed by atoms with E-state index >= 15 is 0 Å². The van der Waals surface area contributed by atoms with Gasteiger partial charge in [-0.3, -0.25) is 0 Å². The molecule has 0 bridgehead atoms. The van der Waals surface area contributed by atoms with E-state index in [0.29, 0.717) is 28.5 Å². The summed E-state index contributed by atoms with van der Waals surface area (Å²) in [6.07, 6.45) is 0. The fourth-order valence-electron chi connectivity index (χ4n) is 5.64. The second-order valence-electron chi connectivity index (χ2n) is 10.7. The zero-order valence-electron chi connectivity index (χ0n) is 23.5. The van der Waals surface area contributed by atoms with Gasteiger partial charge in [0.2, 0.25) is 0 Å². The molecule has 204 valence electrons. The first kappa shape index (κ1) is 25.5. The Morgan fingerprint density at radius 1 is 0.409 bits per heavy atom. The Kier molecular flexibility index (Phi) is 6.10. The molecule has 5 nitrogen and oxygen atoms in total. The molecule has 2 aromatic heterocycles. The third-order valence-electron chi connectivity index (χ3n) is 7.86. The largest absolute Gasteiger partial charge is 0.244 e. The van der Waals surface area contributed by atoms with Crippen LogP contribution in [0.1, 0.15) is 5.56 Å². The average Bonchev–Trinajstić information content (AvgIpc) is 3.10. The SMILES string of the molecule is N#Cc1cccc(-c2nc3ccccc3nc2-c2cc(-c3ccc4ccccc4c3)nc(-c3ccc4ccccc4c3)n2)c1. The number of benzene rings is 6. The molecule has 6 aromatic carbocycles. The predicted octanol–water partition coefficient (Wildman–Crippen LogP) is 9.27. The smallest absolute Gasteiger partial charge is 0.160 e. The van der Waals surface area contributed by atoms with Crippen molar-refractivity contribution in [2.45, 2.75) is 0 Å². The van der Waals surface area contributed by atoms with Gasteiger partial charge in [0.1, 0.15) is 5.69 Å². The van der Waals surface area contributed by atoms with Crippen LogP contribution in [0.15, 0.2) is 140 Å². The average molecular weight is 562 g/mol. The van der Waals surface area contributed by atoms with E-state index in [-0.39, 0.29) is 0 Å². The molecule has 8 rings (SSSR count). The van der Waals surface area contributed by atoms with Crippen molar-refractivity contribution in [1.82, 2.24) is 19.9 Å². The predicted molar refractivity (Wildman–Crippen MR) is 177 cm³/mol. The third kappa shape index (κ3) is 4.61. The lowest BCUT2D eigenvalue weighted by Gasteiger charge is -2.13. The van der Waals surface area contributed by atoms with Crippen molar-refractivity contribution in [2.24, 2.45) is 0 Å². The van der Waals surface area contributed by atoms with Crippen LogP contribution in [0.25, 0.3) is 77.9 Å². The van der Waals surface area contributed by atoms with E-state index < -0.39 is 0 Å². The molecule has 0 fully saturated rings. The summed E-state index contributed by atoms with van der Waals surface area (Å²) in [5.41, 5.74) is 7.52. The molecule has 0 aliphatic carbocycles. The van der Waals surface area contributed by atoms with Gasteiger partial charge in [0.15, 0.2) is 5.82 Å². The summed E-state index contributed by atoms with van der Waals surface area (Å²) in [6.45, 7) is 0. The van der Waals surface area contributed by atoms with E-state index in [1.165, 1.54) is 5.39 Å². The van der Waals surface area contributed by atoms with Gasteiger partial charge in [-0.15, -0.1) is 0 Å². The van der Waals surface area contributed by atoms with E-state index in [1.54, 1.807) is 6.07 Å². The number of hydrogen-bond donors (Lipinski definition) is 0. The Morgan fingerprint density at radius 2 is 1.00 bits per heavy atom. The van der Waals surface area contributed by atoms with Crippen molar-refractivity contribution >= 4 is 32.6 Å². The zero-order valence-corrected chi connectivity index (χ0v) is 23.5. The molecular formula is C39H23N5. The second-order valence-corrected chi connectivity index (χ2v) is 10.7. The Balaban J connectivity index is 1.41. The number of rotatable bonds is 4. The fourth-order valence-corrected chi connectivity index (χ4v) is 5.64. The number of aromatic nitrogens is 4. The van der Waals surface area contributed by atoms with Crippen LogP contribution in [0.4, 0.5) is 0 Å². The quantitative estimate of drug-likeness (QED) is 0.214. The molecule has 0 atom stereocenters. The van der Waals surface area contributed by atoms with Crippen LogP contribution in [0, 0.1) is 11.3 Å². The summed E-state index contributed by atoms with van der Waals surface area (Å²) in [5.74, 6) is 0.600. The first-order valence-electron chi connectivity index (χ1n) is 14.4. The molecule has 0 unspecified atom stereocenters. The molecule has 0 spiro atoms. The summed E-state index contributed by atoms with van der Waals surface area (Å²) in [6, 6.07) is 48.8. The highest BCUT2D eigenvalue weighted by molar-refractivity contribution is 5.90. The molecular weight excluding hydrogens is 538 g/mol. The van der Waals surface area contributed by atoms with Crippen LogP contribution in [0.2, 0.25) is 0 Å². The highest BCUT2D eigenvalue weighted by Gasteiger charge is 2.18. The van der Waals surface area contributed by atoms with Crippen molar-refractivity contribution in [3.05, 3.63) is 145 Å². The first-order valence-corrected chi connectivity index (χ1v) is 14.4. The number of hydrogen-bond acceptors (Lipinski definition) is 5. The Bertz CT molecular complexity index is 2320. The molecule has 0 amide bonds. The van der Waals surface area contributed by atoms with Gasteiger partial charge in [-0.25, -0.2) is 19.9 Å². The van der Waals surface area contributed by atoms with Crippen molar-refractivity contribution in [1.29, 1.82) is 5.26 Å². The molecule has 0 saturated heterocycles. The number of fused-ring (bicyclic) bond motifs is 3. The Hall–Kier alpha value is -6.25. The number of nitrogens with zero attached hydrogens (tertiary/aromatic N) is 5. The van der Waals surface area contributed by atoms with Crippen LogP contribution in [-0.4, -0.2) is 19.9 Å². The number of nitriles is 1. The van der Waals surface area contributed by atoms with Gasteiger partial charge >= 0.3 is 0 Å².